The molecule has 21 heavy (non-hydrogen) atoms. The van der Waals surface area contributed by atoms with Crippen molar-refractivity contribution < 1.29 is 0 Å². The first kappa shape index (κ1) is 14.5. The van der Waals surface area contributed by atoms with Crippen molar-refractivity contribution in [2.24, 2.45) is 5.41 Å². The van der Waals surface area contributed by atoms with Gasteiger partial charge in [-0.15, -0.1) is 0 Å². The SMILES string of the molecule is CC1(C)CCCCC1c1[nH]nc(N)c1-c1cccc(Cl)c1. The highest BCUT2D eigenvalue weighted by atomic mass is 35.5. The molecule has 1 heterocycles. The molecule has 0 amide bonds. The van der Waals surface area contributed by atoms with Crippen molar-refractivity contribution in [2.45, 2.75) is 45.4 Å². The number of anilines is 1. The van der Waals surface area contributed by atoms with Gasteiger partial charge in [0, 0.05) is 22.2 Å². The summed E-state index contributed by atoms with van der Waals surface area (Å²) >= 11 is 6.14. The molecule has 0 aliphatic heterocycles. The van der Waals surface area contributed by atoms with E-state index in [2.05, 4.69) is 24.0 Å². The Balaban J connectivity index is 2.09. The zero-order chi connectivity index (χ0) is 15.0. The molecule has 1 aliphatic carbocycles. The predicted octanol–water partition coefficient (Wildman–Crippen LogP) is 5.00. The molecule has 4 heteroatoms. The van der Waals surface area contributed by atoms with Gasteiger partial charge in [0.25, 0.3) is 0 Å². The lowest BCUT2D eigenvalue weighted by Crippen LogP contribution is -2.26. The Morgan fingerprint density at radius 2 is 2.14 bits per heavy atom. The second-order valence-electron chi connectivity index (χ2n) is 6.69. The van der Waals surface area contributed by atoms with E-state index >= 15 is 0 Å². The number of nitrogens with zero attached hydrogens (tertiary/aromatic N) is 1. The molecule has 0 spiro atoms. The molecule has 2 aromatic rings. The van der Waals surface area contributed by atoms with E-state index in [-0.39, 0.29) is 5.41 Å². The van der Waals surface area contributed by atoms with Gasteiger partial charge in [0.2, 0.25) is 0 Å². The van der Waals surface area contributed by atoms with Gasteiger partial charge in [0.1, 0.15) is 0 Å². The quantitative estimate of drug-likeness (QED) is 0.820. The number of aromatic nitrogens is 2. The summed E-state index contributed by atoms with van der Waals surface area (Å²) in [6, 6.07) is 7.85. The summed E-state index contributed by atoms with van der Waals surface area (Å²) in [5.74, 6) is 1.03. The summed E-state index contributed by atoms with van der Waals surface area (Å²) < 4.78 is 0. The third-order valence-electron chi connectivity index (χ3n) is 4.79. The van der Waals surface area contributed by atoms with Gasteiger partial charge in [-0.1, -0.05) is 50.4 Å². The molecule has 0 saturated heterocycles. The van der Waals surface area contributed by atoms with E-state index in [1.807, 2.05) is 24.3 Å². The van der Waals surface area contributed by atoms with Crippen molar-refractivity contribution in [2.75, 3.05) is 5.73 Å². The largest absolute Gasteiger partial charge is 0.382 e. The van der Waals surface area contributed by atoms with E-state index in [4.69, 9.17) is 17.3 Å². The highest BCUT2D eigenvalue weighted by Gasteiger charge is 2.36. The van der Waals surface area contributed by atoms with Gasteiger partial charge in [-0.2, -0.15) is 5.10 Å². The molecule has 0 bridgehead atoms. The standard InChI is InChI=1S/C17H22ClN3/c1-17(2)9-4-3-8-13(17)15-14(16(19)21-20-15)11-6-5-7-12(18)10-11/h5-7,10,13H,3-4,8-9H2,1-2H3,(H3,19,20,21). The van der Waals surface area contributed by atoms with Crippen LogP contribution < -0.4 is 5.73 Å². The molecule has 0 radical (unpaired) electrons. The third-order valence-corrected chi connectivity index (χ3v) is 5.03. The van der Waals surface area contributed by atoms with Gasteiger partial charge in [-0.05, 0) is 36.0 Å². The van der Waals surface area contributed by atoms with E-state index in [0.717, 1.165) is 16.1 Å². The zero-order valence-corrected chi connectivity index (χ0v) is 13.4. The molecule has 3 nitrogen and oxygen atoms in total. The third kappa shape index (κ3) is 2.67. The van der Waals surface area contributed by atoms with E-state index in [1.54, 1.807) is 0 Å². The monoisotopic (exact) mass is 303 g/mol. The number of benzene rings is 1. The van der Waals surface area contributed by atoms with Crippen molar-refractivity contribution in [1.29, 1.82) is 0 Å². The summed E-state index contributed by atoms with van der Waals surface area (Å²) in [5, 5.41) is 8.20. The molecule has 3 N–H and O–H groups in total. The Labute approximate surface area is 130 Å². The minimum absolute atomic E-state index is 0.268. The van der Waals surface area contributed by atoms with Crippen molar-refractivity contribution in [1.82, 2.24) is 10.2 Å². The van der Waals surface area contributed by atoms with Crippen LogP contribution in [0.1, 0.15) is 51.1 Å². The molecule has 1 aliphatic rings. The average Bonchev–Trinajstić information content (AvgIpc) is 2.80. The number of H-pyrrole nitrogens is 1. The molecule has 112 valence electrons. The number of nitrogens with two attached hydrogens (primary N) is 1. The molecular weight excluding hydrogens is 282 g/mol. The number of nitrogen functional groups attached to an aromatic ring is 1. The van der Waals surface area contributed by atoms with Crippen molar-refractivity contribution in [3.63, 3.8) is 0 Å². The fraction of sp³-hybridized carbons (Fsp3) is 0.471. The zero-order valence-electron chi connectivity index (χ0n) is 12.6. The van der Waals surface area contributed by atoms with E-state index in [9.17, 15) is 0 Å². The first-order valence-electron chi connectivity index (χ1n) is 7.59. The lowest BCUT2D eigenvalue weighted by Gasteiger charge is -2.38. The molecule has 1 atom stereocenters. The van der Waals surface area contributed by atoms with E-state index in [1.165, 1.54) is 31.4 Å². The van der Waals surface area contributed by atoms with Gasteiger partial charge >= 0.3 is 0 Å². The minimum Gasteiger partial charge on any atom is -0.382 e. The van der Waals surface area contributed by atoms with Crippen molar-refractivity contribution in [3.05, 3.63) is 35.0 Å². The van der Waals surface area contributed by atoms with Crippen LogP contribution in [0.3, 0.4) is 0 Å². The maximum absolute atomic E-state index is 6.14. The summed E-state index contributed by atoms with van der Waals surface area (Å²) in [7, 11) is 0. The Morgan fingerprint density at radius 1 is 1.33 bits per heavy atom. The van der Waals surface area contributed by atoms with Crippen molar-refractivity contribution >= 4 is 17.4 Å². The Morgan fingerprint density at radius 3 is 2.86 bits per heavy atom. The molecular formula is C17H22ClN3. The Hall–Kier alpha value is -1.48. The second kappa shape index (κ2) is 5.38. The van der Waals surface area contributed by atoms with Crippen LogP contribution in [0.2, 0.25) is 5.02 Å². The first-order chi connectivity index (χ1) is 9.99. The molecule has 1 aromatic carbocycles. The lowest BCUT2D eigenvalue weighted by atomic mass is 9.67. The molecule has 1 unspecified atom stereocenters. The van der Waals surface area contributed by atoms with E-state index in [0.29, 0.717) is 11.7 Å². The minimum atomic E-state index is 0.268. The number of rotatable bonds is 2. The normalized spacial score (nSPS) is 21.4. The topological polar surface area (TPSA) is 54.7 Å². The number of aromatic amines is 1. The Kier molecular flexibility index (Phi) is 3.70. The molecule has 1 saturated carbocycles. The summed E-state index contributed by atoms with van der Waals surface area (Å²) in [5.41, 5.74) is 9.64. The fourth-order valence-corrected chi connectivity index (χ4v) is 3.79. The fourth-order valence-electron chi connectivity index (χ4n) is 3.60. The number of halogens is 1. The smallest absolute Gasteiger partial charge is 0.153 e. The number of hydrogen-bond acceptors (Lipinski definition) is 2. The lowest BCUT2D eigenvalue weighted by molar-refractivity contribution is 0.196. The first-order valence-corrected chi connectivity index (χ1v) is 7.96. The number of hydrogen-bond donors (Lipinski definition) is 2. The summed E-state index contributed by atoms with van der Waals surface area (Å²) in [6.45, 7) is 4.69. The molecule has 3 rings (SSSR count). The van der Waals surface area contributed by atoms with Crippen LogP contribution in [-0.4, -0.2) is 10.2 Å². The van der Waals surface area contributed by atoms with E-state index < -0.39 is 0 Å². The van der Waals surface area contributed by atoms with Crippen LogP contribution in [0, 0.1) is 5.41 Å². The van der Waals surface area contributed by atoms with Crippen LogP contribution in [-0.2, 0) is 0 Å². The average molecular weight is 304 g/mol. The predicted molar refractivity (Wildman–Crippen MR) is 88.4 cm³/mol. The molecule has 1 aromatic heterocycles. The number of nitrogens with one attached hydrogen (secondary N) is 1. The summed E-state index contributed by atoms with van der Waals surface area (Å²) in [6.07, 6.45) is 5.00. The highest BCUT2D eigenvalue weighted by Crippen LogP contribution is 2.49. The van der Waals surface area contributed by atoms with Crippen LogP contribution in [0.4, 0.5) is 5.82 Å². The van der Waals surface area contributed by atoms with Crippen LogP contribution >= 0.6 is 11.6 Å². The molecule has 1 fully saturated rings. The van der Waals surface area contributed by atoms with Crippen LogP contribution in [0.15, 0.2) is 24.3 Å². The maximum atomic E-state index is 6.14. The Bertz CT molecular complexity index is 645. The van der Waals surface area contributed by atoms with Crippen molar-refractivity contribution in [3.8, 4) is 11.1 Å². The van der Waals surface area contributed by atoms with Gasteiger partial charge in [0.05, 0.1) is 0 Å². The van der Waals surface area contributed by atoms with Crippen LogP contribution in [0.25, 0.3) is 11.1 Å². The van der Waals surface area contributed by atoms with Gasteiger partial charge in [-0.3, -0.25) is 5.10 Å². The maximum Gasteiger partial charge on any atom is 0.153 e. The van der Waals surface area contributed by atoms with Gasteiger partial charge < -0.3 is 5.73 Å². The van der Waals surface area contributed by atoms with Gasteiger partial charge in [-0.25, -0.2) is 0 Å². The highest BCUT2D eigenvalue weighted by molar-refractivity contribution is 6.30. The van der Waals surface area contributed by atoms with Crippen LogP contribution in [0.5, 0.6) is 0 Å². The summed E-state index contributed by atoms with van der Waals surface area (Å²) in [4.78, 5) is 0. The van der Waals surface area contributed by atoms with Gasteiger partial charge in [0.15, 0.2) is 5.82 Å². The second-order valence-corrected chi connectivity index (χ2v) is 7.13.